The van der Waals surface area contributed by atoms with E-state index in [2.05, 4.69) is 0 Å². The minimum absolute atomic E-state index is 0. The van der Waals surface area contributed by atoms with Gasteiger partial charge >= 0.3 is 0 Å². The predicted molar refractivity (Wildman–Crippen MR) is 22.8 cm³/mol. The highest BCUT2D eigenvalue weighted by Crippen LogP contribution is 1.55. The Hall–Kier alpha value is -0.410. The van der Waals surface area contributed by atoms with Crippen LogP contribution in [0.4, 0.5) is 0 Å². The van der Waals surface area contributed by atoms with Gasteiger partial charge in [-0.3, -0.25) is 4.79 Å². The molecule has 0 aromatic carbocycles. The Bertz CT molecular complexity index is 44.1. The number of carbonyl (C=O) groups is 1. The Balaban J connectivity index is 0. The molecule has 0 bridgehead atoms. The Morgan fingerprint density at radius 1 is 1.83 bits per heavy atom. The summed E-state index contributed by atoms with van der Waals surface area (Å²) in [6.07, 6.45) is 0. The molecule has 4 N–H and O–H groups in total. The molecule has 3 nitrogen and oxygen atoms in total. The fourth-order valence-electron chi connectivity index (χ4n) is 0. The van der Waals surface area contributed by atoms with Crippen LogP contribution in [0.2, 0.25) is 0 Å². The van der Waals surface area contributed by atoms with Crippen LogP contribution in [0.15, 0.2) is 0 Å². The molecular formula is C3H9NO2. The van der Waals surface area contributed by atoms with E-state index in [0.29, 0.717) is 0 Å². The van der Waals surface area contributed by atoms with Crippen LogP contribution in [0.3, 0.4) is 0 Å². The second kappa shape index (κ2) is 4.59. The van der Waals surface area contributed by atoms with Gasteiger partial charge in [0.2, 0.25) is 0 Å². The monoisotopic (exact) mass is 91.1 g/mol. The maximum Gasteiger partial charge on any atom is 0.155 e. The molecule has 0 aliphatic carbocycles. The zero-order valence-electron chi connectivity index (χ0n) is 3.77. The van der Waals surface area contributed by atoms with Crippen LogP contribution in [-0.4, -0.2) is 17.5 Å². The van der Waals surface area contributed by atoms with Gasteiger partial charge in [0.05, 0.1) is 0 Å². The van der Waals surface area contributed by atoms with Crippen molar-refractivity contribution < 1.29 is 9.90 Å². The van der Waals surface area contributed by atoms with E-state index in [0.717, 1.165) is 0 Å². The van der Waals surface area contributed by atoms with Crippen LogP contribution >= 0.6 is 0 Å². The highest BCUT2D eigenvalue weighted by atomic mass is 16.3. The highest BCUT2D eigenvalue weighted by molar-refractivity contribution is 5.76. The van der Waals surface area contributed by atoms with Gasteiger partial charge in [-0.1, -0.05) is 0 Å². The van der Waals surface area contributed by atoms with Crippen molar-refractivity contribution in [3.63, 3.8) is 0 Å². The molecule has 0 radical (unpaired) electrons. The van der Waals surface area contributed by atoms with E-state index in [1.54, 1.807) is 0 Å². The molecule has 0 saturated heterocycles. The average Bonchev–Trinajstić information content (AvgIpc) is 1.38. The summed E-state index contributed by atoms with van der Waals surface area (Å²) >= 11 is 0. The molecule has 0 aromatic rings. The standard InChI is InChI=1S/C3H6O2.H3N/c1-3(5)2-4;/h4H,2H2,1H3;1H3. The molecule has 0 heterocycles. The topological polar surface area (TPSA) is 72.3 Å². The molecule has 0 aromatic heterocycles. The average molecular weight is 91.1 g/mol. The Morgan fingerprint density at radius 3 is 2.00 bits per heavy atom. The normalized spacial score (nSPS) is 6.33. The van der Waals surface area contributed by atoms with Gasteiger partial charge in [-0.2, -0.15) is 0 Å². The van der Waals surface area contributed by atoms with E-state index in [4.69, 9.17) is 5.11 Å². The summed E-state index contributed by atoms with van der Waals surface area (Å²) in [5.74, 6) is -0.190. The van der Waals surface area contributed by atoms with E-state index in [1.165, 1.54) is 6.92 Å². The maximum absolute atomic E-state index is 9.56. The first-order chi connectivity index (χ1) is 2.27. The zero-order valence-corrected chi connectivity index (χ0v) is 3.77. The molecule has 6 heavy (non-hydrogen) atoms. The second-order valence-corrected chi connectivity index (χ2v) is 0.860. The second-order valence-electron chi connectivity index (χ2n) is 0.860. The lowest BCUT2D eigenvalue weighted by Crippen LogP contribution is -1.93. The third kappa shape index (κ3) is 9.53. The fourth-order valence-corrected chi connectivity index (χ4v) is 0. The van der Waals surface area contributed by atoms with Crippen LogP contribution in [0.1, 0.15) is 6.92 Å². The minimum atomic E-state index is -0.333. The summed E-state index contributed by atoms with van der Waals surface area (Å²) in [6, 6.07) is 0. The number of ketones is 1. The third-order valence-corrected chi connectivity index (χ3v) is 0.223. The number of carbonyl (C=O) groups excluding carboxylic acids is 1. The molecule has 0 spiro atoms. The van der Waals surface area contributed by atoms with Crippen molar-refractivity contribution >= 4 is 5.78 Å². The molecule has 0 atom stereocenters. The molecule has 3 heteroatoms. The van der Waals surface area contributed by atoms with Gasteiger partial charge in [-0.15, -0.1) is 0 Å². The molecule has 0 amide bonds. The van der Waals surface area contributed by atoms with Crippen LogP contribution in [0.5, 0.6) is 0 Å². The maximum atomic E-state index is 9.56. The number of hydrogen-bond acceptors (Lipinski definition) is 3. The van der Waals surface area contributed by atoms with E-state index >= 15 is 0 Å². The van der Waals surface area contributed by atoms with E-state index in [9.17, 15) is 4.79 Å². The highest BCUT2D eigenvalue weighted by Gasteiger charge is 1.78. The predicted octanol–water partition coefficient (Wildman–Crippen LogP) is -0.270. The van der Waals surface area contributed by atoms with Crippen molar-refractivity contribution in [3.8, 4) is 0 Å². The first-order valence-electron chi connectivity index (χ1n) is 1.37. The SMILES string of the molecule is CC(=O)CO.N. The third-order valence-electron chi connectivity index (χ3n) is 0.223. The van der Waals surface area contributed by atoms with Gasteiger partial charge in [-0.05, 0) is 6.92 Å². The number of hydrogen-bond donors (Lipinski definition) is 2. The first kappa shape index (κ1) is 9.14. The molecule has 0 fully saturated rings. The number of Topliss-reactive ketones (excluding diaryl/α,β-unsaturated/α-hetero) is 1. The van der Waals surface area contributed by atoms with E-state index in [-0.39, 0.29) is 18.5 Å². The van der Waals surface area contributed by atoms with Gasteiger partial charge in [0.1, 0.15) is 6.61 Å². The summed E-state index contributed by atoms with van der Waals surface area (Å²) in [5, 5.41) is 7.79. The molecule has 0 saturated carbocycles. The van der Waals surface area contributed by atoms with E-state index in [1.807, 2.05) is 0 Å². The van der Waals surface area contributed by atoms with Gasteiger partial charge < -0.3 is 11.3 Å². The molecule has 0 aliphatic heterocycles. The lowest BCUT2D eigenvalue weighted by molar-refractivity contribution is -0.119. The Labute approximate surface area is 36.6 Å². The van der Waals surface area contributed by atoms with Gasteiger partial charge in [0, 0.05) is 0 Å². The Kier molecular flexibility index (Phi) is 6.99. The van der Waals surface area contributed by atoms with Crippen LogP contribution < -0.4 is 6.15 Å². The zero-order chi connectivity index (χ0) is 4.28. The lowest BCUT2D eigenvalue weighted by Gasteiger charge is -1.72. The number of aliphatic hydroxyl groups excluding tert-OH is 1. The summed E-state index contributed by atoms with van der Waals surface area (Å²) in [6.45, 7) is 1.000. The van der Waals surface area contributed by atoms with Crippen LogP contribution in [0, 0.1) is 0 Å². The largest absolute Gasteiger partial charge is 0.389 e. The van der Waals surface area contributed by atoms with Gasteiger partial charge in [-0.25, -0.2) is 0 Å². The molecule has 0 rings (SSSR count). The van der Waals surface area contributed by atoms with Crippen molar-refractivity contribution in [2.75, 3.05) is 6.61 Å². The van der Waals surface area contributed by atoms with Crippen LogP contribution in [-0.2, 0) is 4.79 Å². The first-order valence-corrected chi connectivity index (χ1v) is 1.37. The van der Waals surface area contributed by atoms with Crippen molar-refractivity contribution in [1.82, 2.24) is 6.15 Å². The van der Waals surface area contributed by atoms with Crippen molar-refractivity contribution in [1.29, 1.82) is 0 Å². The van der Waals surface area contributed by atoms with Crippen molar-refractivity contribution in [2.24, 2.45) is 0 Å². The minimum Gasteiger partial charge on any atom is -0.389 e. The number of aliphatic hydroxyl groups is 1. The number of rotatable bonds is 1. The lowest BCUT2D eigenvalue weighted by atomic mass is 10.5. The summed E-state index contributed by atoms with van der Waals surface area (Å²) in [7, 11) is 0. The quantitative estimate of drug-likeness (QED) is 0.466. The summed E-state index contributed by atoms with van der Waals surface area (Å²) in [5.41, 5.74) is 0. The van der Waals surface area contributed by atoms with Gasteiger partial charge in [0.25, 0.3) is 0 Å². The van der Waals surface area contributed by atoms with Crippen molar-refractivity contribution in [3.05, 3.63) is 0 Å². The van der Waals surface area contributed by atoms with Crippen LogP contribution in [0.25, 0.3) is 0 Å². The molecule has 0 aliphatic rings. The van der Waals surface area contributed by atoms with E-state index < -0.39 is 0 Å². The van der Waals surface area contributed by atoms with Gasteiger partial charge in [0.15, 0.2) is 5.78 Å². The summed E-state index contributed by atoms with van der Waals surface area (Å²) < 4.78 is 0. The van der Waals surface area contributed by atoms with Crippen molar-refractivity contribution in [2.45, 2.75) is 6.92 Å². The Morgan fingerprint density at radius 2 is 2.00 bits per heavy atom. The summed E-state index contributed by atoms with van der Waals surface area (Å²) in [4.78, 5) is 9.56. The molecule has 38 valence electrons. The molecule has 0 unspecified atom stereocenters. The smallest absolute Gasteiger partial charge is 0.155 e. The molecular weight excluding hydrogens is 82.0 g/mol. The fraction of sp³-hybridized carbons (Fsp3) is 0.667.